The molecule has 39 heavy (non-hydrogen) atoms. The lowest BCUT2D eigenvalue weighted by Gasteiger charge is -2.30. The zero-order chi connectivity index (χ0) is 27.3. The van der Waals surface area contributed by atoms with Crippen molar-refractivity contribution in [3.05, 3.63) is 114 Å². The van der Waals surface area contributed by atoms with Gasteiger partial charge in [0.15, 0.2) is 12.2 Å². The molecule has 3 aromatic heterocycles. The van der Waals surface area contributed by atoms with Crippen LogP contribution in [0.25, 0.3) is 39.0 Å². The third kappa shape index (κ3) is 4.15. The second-order valence-electron chi connectivity index (χ2n) is 11.0. The average Bonchev–Trinajstić information content (AvgIpc) is 3.32. The smallest absolute Gasteiger partial charge is 0.227 e. The number of hydrogen-bond donors (Lipinski definition) is 1. The minimum Gasteiger partial charge on any atom is -0.437 e. The molecule has 4 heterocycles. The summed E-state index contributed by atoms with van der Waals surface area (Å²) in [6, 6.07) is 22.2. The first kappa shape index (κ1) is 25.1. The summed E-state index contributed by atoms with van der Waals surface area (Å²) >= 11 is 0. The summed E-state index contributed by atoms with van der Waals surface area (Å²) in [5.74, 6) is 0.767. The fraction of sp³-hybridized carbons (Fsp3) is 0.257. The van der Waals surface area contributed by atoms with E-state index in [9.17, 15) is 0 Å². The predicted octanol–water partition coefficient (Wildman–Crippen LogP) is 8.01. The van der Waals surface area contributed by atoms with Crippen molar-refractivity contribution in [2.24, 2.45) is 0 Å². The number of hydrogen-bond acceptors (Lipinski definition) is 3. The summed E-state index contributed by atoms with van der Waals surface area (Å²) in [4.78, 5) is 4.65. The van der Waals surface area contributed by atoms with Crippen molar-refractivity contribution in [3.63, 3.8) is 0 Å². The Morgan fingerprint density at radius 2 is 1.92 bits per heavy atom. The molecule has 0 radical (unpaired) electrons. The molecule has 0 saturated carbocycles. The van der Waals surface area contributed by atoms with Gasteiger partial charge in [0.2, 0.25) is 11.4 Å². The zero-order valence-electron chi connectivity index (χ0n) is 23.3. The summed E-state index contributed by atoms with van der Waals surface area (Å²) in [5.41, 5.74) is 11.0. The van der Waals surface area contributed by atoms with E-state index in [-0.39, 0.29) is 6.04 Å². The van der Waals surface area contributed by atoms with Crippen LogP contribution in [0.2, 0.25) is 0 Å². The monoisotopic (exact) mass is 514 g/mol. The quantitative estimate of drug-likeness (QED) is 0.177. The van der Waals surface area contributed by atoms with Gasteiger partial charge in [-0.25, -0.2) is 4.98 Å². The maximum absolute atomic E-state index is 6.37. The molecule has 1 aliphatic heterocycles. The van der Waals surface area contributed by atoms with Crippen LogP contribution in [0, 0.1) is 6.92 Å². The zero-order valence-corrected chi connectivity index (χ0v) is 23.3. The fourth-order valence-corrected chi connectivity index (χ4v) is 6.24. The SMILES string of the molecule is C=CC1C(CCc2ccc3c(oc4nc(C)ccc43)c2C(=C)NC)c2cc(C(C)C)ccc2-c2cccc[n+]21. The van der Waals surface area contributed by atoms with Gasteiger partial charge in [-0.15, -0.1) is 0 Å². The van der Waals surface area contributed by atoms with Crippen LogP contribution in [0.3, 0.4) is 0 Å². The number of pyridine rings is 2. The van der Waals surface area contributed by atoms with Gasteiger partial charge in [0.1, 0.15) is 5.58 Å². The predicted molar refractivity (Wildman–Crippen MR) is 161 cm³/mol. The first-order valence-electron chi connectivity index (χ1n) is 13.9. The minimum absolute atomic E-state index is 0.175. The molecule has 1 N–H and O–H groups in total. The number of benzene rings is 2. The van der Waals surface area contributed by atoms with Crippen LogP contribution in [0.4, 0.5) is 0 Å². The normalized spacial score (nSPS) is 16.3. The van der Waals surface area contributed by atoms with Gasteiger partial charge in [0.25, 0.3) is 0 Å². The van der Waals surface area contributed by atoms with E-state index in [1.165, 1.54) is 27.9 Å². The van der Waals surface area contributed by atoms with Crippen LogP contribution in [-0.4, -0.2) is 12.0 Å². The summed E-state index contributed by atoms with van der Waals surface area (Å²) < 4.78 is 8.76. The minimum atomic E-state index is 0.175. The third-order valence-electron chi connectivity index (χ3n) is 8.34. The molecule has 0 fully saturated rings. The highest BCUT2D eigenvalue weighted by molar-refractivity contribution is 6.07. The highest BCUT2D eigenvalue weighted by Gasteiger charge is 2.38. The van der Waals surface area contributed by atoms with Crippen molar-refractivity contribution in [2.45, 2.75) is 51.5 Å². The summed E-state index contributed by atoms with van der Waals surface area (Å²) in [6.07, 6.45) is 6.17. The van der Waals surface area contributed by atoms with Crippen molar-refractivity contribution < 1.29 is 8.98 Å². The Morgan fingerprint density at radius 3 is 2.69 bits per heavy atom. The van der Waals surface area contributed by atoms with E-state index in [1.54, 1.807) is 0 Å². The molecule has 2 atom stereocenters. The van der Waals surface area contributed by atoms with Crippen LogP contribution in [0.5, 0.6) is 0 Å². The van der Waals surface area contributed by atoms with Gasteiger partial charge in [-0.1, -0.05) is 51.3 Å². The van der Waals surface area contributed by atoms with E-state index < -0.39 is 0 Å². The molecular formula is C35H36N3O+. The lowest BCUT2D eigenvalue weighted by molar-refractivity contribution is -0.707. The van der Waals surface area contributed by atoms with Crippen molar-refractivity contribution in [1.82, 2.24) is 10.3 Å². The lowest BCUT2D eigenvalue weighted by atomic mass is 9.78. The molecule has 4 nitrogen and oxygen atoms in total. The number of nitrogens with one attached hydrogen (secondary N) is 1. The molecule has 5 aromatic rings. The maximum atomic E-state index is 6.37. The van der Waals surface area contributed by atoms with Gasteiger partial charge in [0, 0.05) is 52.5 Å². The Labute approximate surface area is 230 Å². The van der Waals surface area contributed by atoms with Crippen molar-refractivity contribution in [1.29, 1.82) is 0 Å². The lowest BCUT2D eigenvalue weighted by Crippen LogP contribution is -2.46. The number of nitrogens with zero attached hydrogens (tertiary/aromatic N) is 2. The van der Waals surface area contributed by atoms with E-state index >= 15 is 0 Å². The molecule has 0 spiro atoms. The summed E-state index contributed by atoms with van der Waals surface area (Å²) in [6.45, 7) is 15.2. The van der Waals surface area contributed by atoms with Crippen molar-refractivity contribution in [3.8, 4) is 11.3 Å². The number of aryl methyl sites for hydroxylation is 2. The van der Waals surface area contributed by atoms with Gasteiger partial charge in [-0.2, -0.15) is 4.57 Å². The Morgan fingerprint density at radius 1 is 1.10 bits per heavy atom. The Balaban J connectivity index is 1.45. The molecular weight excluding hydrogens is 478 g/mol. The number of fused-ring (bicyclic) bond motifs is 6. The molecule has 0 aliphatic carbocycles. The van der Waals surface area contributed by atoms with Gasteiger partial charge in [-0.05, 0) is 72.7 Å². The molecule has 4 heteroatoms. The molecule has 1 aliphatic rings. The van der Waals surface area contributed by atoms with E-state index in [4.69, 9.17) is 4.42 Å². The second-order valence-corrected chi connectivity index (χ2v) is 11.0. The molecule has 2 aromatic carbocycles. The van der Waals surface area contributed by atoms with E-state index in [2.05, 4.69) is 109 Å². The van der Waals surface area contributed by atoms with Crippen LogP contribution in [-0.2, 0) is 6.42 Å². The number of furan rings is 1. The first-order chi connectivity index (χ1) is 18.9. The van der Waals surface area contributed by atoms with E-state index in [0.717, 1.165) is 46.2 Å². The molecule has 196 valence electrons. The van der Waals surface area contributed by atoms with Gasteiger partial charge in [-0.3, -0.25) is 0 Å². The Kier molecular flexibility index (Phi) is 6.34. The largest absolute Gasteiger partial charge is 0.437 e. The van der Waals surface area contributed by atoms with Gasteiger partial charge >= 0.3 is 0 Å². The summed E-state index contributed by atoms with van der Waals surface area (Å²) in [7, 11) is 1.92. The molecule has 0 bridgehead atoms. The first-order valence-corrected chi connectivity index (χ1v) is 13.9. The number of rotatable bonds is 7. The van der Waals surface area contributed by atoms with Gasteiger partial charge < -0.3 is 9.73 Å². The van der Waals surface area contributed by atoms with Crippen molar-refractivity contribution in [2.75, 3.05) is 7.05 Å². The molecule has 0 saturated heterocycles. The highest BCUT2D eigenvalue weighted by atomic mass is 16.3. The molecule has 0 amide bonds. The fourth-order valence-electron chi connectivity index (χ4n) is 6.24. The Hall–Kier alpha value is -4.18. The third-order valence-corrected chi connectivity index (χ3v) is 8.34. The highest BCUT2D eigenvalue weighted by Crippen LogP contribution is 2.43. The number of aromatic nitrogens is 2. The summed E-state index contributed by atoms with van der Waals surface area (Å²) in [5, 5.41) is 5.39. The van der Waals surface area contributed by atoms with Crippen LogP contribution in [0.15, 0.2) is 90.5 Å². The van der Waals surface area contributed by atoms with Crippen molar-refractivity contribution >= 4 is 27.8 Å². The van der Waals surface area contributed by atoms with Crippen LogP contribution < -0.4 is 9.88 Å². The van der Waals surface area contributed by atoms with Gasteiger partial charge in [0.05, 0.1) is 5.92 Å². The second kappa shape index (κ2) is 9.85. The molecule has 2 unspecified atom stereocenters. The number of allylic oxidation sites excluding steroid dienone is 1. The van der Waals surface area contributed by atoms with Crippen LogP contribution in [0.1, 0.15) is 66.1 Å². The van der Waals surface area contributed by atoms with Crippen LogP contribution >= 0.6 is 0 Å². The Bertz CT molecular complexity index is 1740. The average molecular weight is 515 g/mol. The molecule has 6 rings (SSSR count). The van der Waals surface area contributed by atoms with E-state index in [0.29, 0.717) is 17.5 Å². The topological polar surface area (TPSA) is 41.9 Å². The standard InChI is InChI=1S/C35H36N3O/c1-7-31-26(30-20-25(21(2)3)14-17-27(30)32-10-8-9-19-38(31)32)16-12-24-13-18-28-29-15-11-22(4)37-35(29)39-34(28)33(24)23(5)36-6/h7-11,13-15,17-21,26,31,36H,1,5,12,16H2,2-4,6H3/q+1. The van der Waals surface area contributed by atoms with E-state index in [1.807, 2.05) is 20.0 Å². The maximum Gasteiger partial charge on any atom is 0.227 e.